The van der Waals surface area contributed by atoms with E-state index < -0.39 is 30.1 Å². The van der Waals surface area contributed by atoms with Gasteiger partial charge in [0, 0.05) is 16.9 Å². The van der Waals surface area contributed by atoms with E-state index in [0.29, 0.717) is 16.9 Å². The first-order valence-electron chi connectivity index (χ1n) is 9.01. The number of Topliss-reactive ketones (excluding diaryl/α,β-unsaturated/α-hetero) is 1. The van der Waals surface area contributed by atoms with E-state index in [0.717, 1.165) is 0 Å². The average Bonchev–Trinajstić information content (AvgIpc) is 2.68. The first kappa shape index (κ1) is 21.6. The van der Waals surface area contributed by atoms with Gasteiger partial charge in [0.15, 0.2) is 11.9 Å². The normalized spacial score (nSPS) is 12.2. The molecule has 0 aromatic heterocycles. The number of hydrogen-bond donors (Lipinski definition) is 3. The molecular formula is C21H23N3O5. The van der Waals surface area contributed by atoms with Gasteiger partial charge in [0.2, 0.25) is 0 Å². The molecule has 0 aliphatic rings. The molecule has 0 radical (unpaired) electrons. The Morgan fingerprint density at radius 3 is 2.17 bits per heavy atom. The molecule has 0 heterocycles. The fraction of sp³-hybridized carbons (Fsp3) is 0.238. The summed E-state index contributed by atoms with van der Waals surface area (Å²) in [7, 11) is 0. The topological polar surface area (TPSA) is 114 Å². The second-order valence-electron chi connectivity index (χ2n) is 6.39. The van der Waals surface area contributed by atoms with Gasteiger partial charge in [0.1, 0.15) is 6.04 Å². The van der Waals surface area contributed by atoms with E-state index in [9.17, 15) is 19.2 Å². The summed E-state index contributed by atoms with van der Waals surface area (Å²) in [5.74, 6) is -1.44. The fourth-order valence-corrected chi connectivity index (χ4v) is 2.33. The van der Waals surface area contributed by atoms with Crippen molar-refractivity contribution < 1.29 is 23.9 Å². The number of benzene rings is 2. The molecule has 3 N–H and O–H groups in total. The van der Waals surface area contributed by atoms with E-state index in [-0.39, 0.29) is 5.78 Å². The molecule has 152 valence electrons. The Kier molecular flexibility index (Phi) is 7.47. The van der Waals surface area contributed by atoms with Crippen LogP contribution in [0.15, 0.2) is 54.6 Å². The van der Waals surface area contributed by atoms with Gasteiger partial charge in [-0.15, -0.1) is 0 Å². The molecule has 0 saturated heterocycles. The van der Waals surface area contributed by atoms with Crippen LogP contribution < -0.4 is 16.0 Å². The maximum atomic E-state index is 12.2. The van der Waals surface area contributed by atoms with Crippen molar-refractivity contribution >= 4 is 35.1 Å². The number of carbonyl (C=O) groups excluding carboxylic acids is 4. The summed E-state index contributed by atoms with van der Waals surface area (Å²) in [6.45, 7) is 4.29. The number of nitrogens with one attached hydrogen (secondary N) is 3. The van der Waals surface area contributed by atoms with Crippen molar-refractivity contribution in [1.82, 2.24) is 5.32 Å². The van der Waals surface area contributed by atoms with Crippen LogP contribution in [0.4, 0.5) is 16.2 Å². The molecule has 2 atom stereocenters. The molecule has 0 aliphatic carbocycles. The molecule has 0 saturated carbocycles. The second kappa shape index (κ2) is 10.0. The number of urea groups is 1. The smallest absolute Gasteiger partial charge is 0.329 e. The molecule has 8 heteroatoms. The number of anilines is 2. The number of rotatable bonds is 7. The predicted octanol–water partition coefficient (Wildman–Crippen LogP) is 2.97. The van der Waals surface area contributed by atoms with E-state index in [1.807, 2.05) is 6.07 Å². The van der Waals surface area contributed by atoms with Gasteiger partial charge in [0.05, 0.1) is 0 Å². The maximum Gasteiger partial charge on any atom is 0.329 e. The van der Waals surface area contributed by atoms with Gasteiger partial charge in [0.25, 0.3) is 5.91 Å². The van der Waals surface area contributed by atoms with Gasteiger partial charge in [-0.1, -0.05) is 30.3 Å². The highest BCUT2D eigenvalue weighted by Crippen LogP contribution is 2.12. The molecule has 2 aromatic carbocycles. The largest absolute Gasteiger partial charge is 0.451 e. The lowest BCUT2D eigenvalue weighted by Gasteiger charge is -2.18. The Labute approximate surface area is 168 Å². The average molecular weight is 397 g/mol. The molecule has 0 spiro atoms. The van der Waals surface area contributed by atoms with Crippen molar-refractivity contribution in [1.29, 1.82) is 0 Å². The molecular weight excluding hydrogens is 374 g/mol. The van der Waals surface area contributed by atoms with Gasteiger partial charge in [-0.2, -0.15) is 0 Å². The summed E-state index contributed by atoms with van der Waals surface area (Å²) in [4.78, 5) is 47.8. The van der Waals surface area contributed by atoms with E-state index in [2.05, 4.69) is 16.0 Å². The predicted molar refractivity (Wildman–Crippen MR) is 109 cm³/mol. The van der Waals surface area contributed by atoms with Crippen LogP contribution >= 0.6 is 0 Å². The number of para-hydroxylation sites is 1. The van der Waals surface area contributed by atoms with Crippen LogP contribution in [0.25, 0.3) is 0 Å². The third-order valence-electron chi connectivity index (χ3n) is 3.93. The highest BCUT2D eigenvalue weighted by Gasteiger charge is 2.23. The van der Waals surface area contributed by atoms with Gasteiger partial charge >= 0.3 is 12.0 Å². The van der Waals surface area contributed by atoms with Crippen molar-refractivity contribution in [2.24, 2.45) is 0 Å². The Balaban J connectivity index is 1.85. The van der Waals surface area contributed by atoms with Crippen LogP contribution in [-0.4, -0.2) is 35.8 Å². The fourth-order valence-electron chi connectivity index (χ4n) is 2.33. The lowest BCUT2D eigenvalue weighted by atomic mass is 10.1. The number of ether oxygens (including phenoxy) is 1. The zero-order valence-corrected chi connectivity index (χ0v) is 16.4. The van der Waals surface area contributed by atoms with Crippen molar-refractivity contribution in [3.63, 3.8) is 0 Å². The maximum absolute atomic E-state index is 12.2. The number of hydrogen-bond acceptors (Lipinski definition) is 5. The molecule has 3 amide bonds. The van der Waals surface area contributed by atoms with Gasteiger partial charge < -0.3 is 20.7 Å². The van der Waals surface area contributed by atoms with Crippen molar-refractivity contribution in [2.75, 3.05) is 10.6 Å². The van der Waals surface area contributed by atoms with Gasteiger partial charge in [-0.05, 0) is 45.0 Å². The standard InChI is InChI=1S/C21H23N3O5/c1-13(22-21(28)24-17-9-5-4-6-10-17)20(27)29-15(3)19(26)23-18-11-7-8-16(12-18)14(2)25/h4-13,15H,1-3H3,(H,23,26)(H2,22,24,28)/t13-,15+/m0/s1. The van der Waals surface area contributed by atoms with Gasteiger partial charge in [-0.3, -0.25) is 9.59 Å². The lowest BCUT2D eigenvalue weighted by molar-refractivity contribution is -0.154. The van der Waals surface area contributed by atoms with E-state index in [1.54, 1.807) is 42.5 Å². The van der Waals surface area contributed by atoms with Gasteiger partial charge in [-0.25, -0.2) is 9.59 Å². The minimum Gasteiger partial charge on any atom is -0.451 e. The molecule has 2 rings (SSSR count). The van der Waals surface area contributed by atoms with Crippen LogP contribution in [0.1, 0.15) is 31.1 Å². The van der Waals surface area contributed by atoms with Crippen LogP contribution in [0.2, 0.25) is 0 Å². The van der Waals surface area contributed by atoms with Crippen LogP contribution in [-0.2, 0) is 14.3 Å². The SMILES string of the molecule is CC(=O)c1cccc(NC(=O)[C@@H](C)OC(=O)[C@H](C)NC(=O)Nc2ccccc2)c1. The highest BCUT2D eigenvalue weighted by atomic mass is 16.5. The Morgan fingerprint density at radius 2 is 1.52 bits per heavy atom. The molecule has 0 fully saturated rings. The first-order valence-corrected chi connectivity index (χ1v) is 9.01. The molecule has 2 aromatic rings. The third kappa shape index (κ3) is 6.76. The zero-order valence-electron chi connectivity index (χ0n) is 16.4. The minimum absolute atomic E-state index is 0.130. The third-order valence-corrected chi connectivity index (χ3v) is 3.93. The van der Waals surface area contributed by atoms with E-state index >= 15 is 0 Å². The van der Waals surface area contributed by atoms with Crippen molar-refractivity contribution in [3.8, 4) is 0 Å². The Hall–Kier alpha value is -3.68. The van der Waals surface area contributed by atoms with Crippen LogP contribution in [0.3, 0.4) is 0 Å². The van der Waals surface area contributed by atoms with Crippen LogP contribution in [0, 0.1) is 0 Å². The summed E-state index contributed by atoms with van der Waals surface area (Å²) in [6, 6.07) is 13.6. The Bertz CT molecular complexity index is 898. The first-order chi connectivity index (χ1) is 13.8. The van der Waals surface area contributed by atoms with Crippen LogP contribution in [0.5, 0.6) is 0 Å². The lowest BCUT2D eigenvalue weighted by Crippen LogP contribution is -2.44. The molecule has 8 nitrogen and oxygen atoms in total. The highest BCUT2D eigenvalue weighted by molar-refractivity contribution is 5.99. The number of esters is 1. The summed E-state index contributed by atoms with van der Waals surface area (Å²) >= 11 is 0. The van der Waals surface area contributed by atoms with Crippen molar-refractivity contribution in [2.45, 2.75) is 32.9 Å². The number of ketones is 1. The molecule has 0 bridgehead atoms. The summed E-state index contributed by atoms with van der Waals surface area (Å²) in [5, 5.41) is 7.62. The molecule has 0 aliphatic heterocycles. The number of carbonyl (C=O) groups is 4. The van der Waals surface area contributed by atoms with E-state index in [1.165, 1.54) is 26.8 Å². The zero-order chi connectivity index (χ0) is 21.4. The quantitative estimate of drug-likeness (QED) is 0.491. The Morgan fingerprint density at radius 1 is 0.862 bits per heavy atom. The van der Waals surface area contributed by atoms with E-state index in [4.69, 9.17) is 4.74 Å². The number of amides is 3. The summed E-state index contributed by atoms with van der Waals surface area (Å²) in [5.41, 5.74) is 1.44. The van der Waals surface area contributed by atoms with Crippen molar-refractivity contribution in [3.05, 3.63) is 60.2 Å². The molecule has 29 heavy (non-hydrogen) atoms. The summed E-state index contributed by atoms with van der Waals surface area (Å²) in [6.07, 6.45) is -1.09. The molecule has 0 unspecified atom stereocenters. The second-order valence-corrected chi connectivity index (χ2v) is 6.39. The monoisotopic (exact) mass is 397 g/mol. The minimum atomic E-state index is -1.09. The summed E-state index contributed by atoms with van der Waals surface area (Å²) < 4.78 is 5.11.